The molecule has 0 aliphatic heterocycles. The Labute approximate surface area is 182 Å². The van der Waals surface area contributed by atoms with Crippen LogP contribution in [0.1, 0.15) is 39.2 Å². The fourth-order valence-corrected chi connectivity index (χ4v) is 4.56. The summed E-state index contributed by atoms with van der Waals surface area (Å²) in [5, 5.41) is 15.0. The van der Waals surface area contributed by atoms with E-state index in [2.05, 4.69) is 15.0 Å². The zero-order valence-electron chi connectivity index (χ0n) is 17.4. The molecule has 2 aromatic rings. The molecule has 0 radical (unpaired) electrons. The van der Waals surface area contributed by atoms with Gasteiger partial charge in [0, 0.05) is 23.6 Å². The monoisotopic (exact) mass is 449 g/mol. The van der Waals surface area contributed by atoms with Crippen molar-refractivity contribution in [3.8, 4) is 10.6 Å². The van der Waals surface area contributed by atoms with Crippen molar-refractivity contribution in [1.82, 2.24) is 10.3 Å². The molecule has 0 spiro atoms. The van der Waals surface area contributed by atoms with Gasteiger partial charge in [-0.2, -0.15) is 0 Å². The lowest BCUT2D eigenvalue weighted by molar-refractivity contribution is -0.156. The number of thiazole rings is 1. The molecule has 0 fully saturated rings. The molecule has 0 aliphatic rings. The highest BCUT2D eigenvalue weighted by Gasteiger charge is 2.27. The second-order valence-corrected chi connectivity index (χ2v) is 9.75. The van der Waals surface area contributed by atoms with Crippen molar-refractivity contribution >= 4 is 31.2 Å². The third-order valence-electron chi connectivity index (χ3n) is 4.37. The van der Waals surface area contributed by atoms with Crippen LogP contribution in [0.4, 0.5) is 0 Å². The maximum Gasteiger partial charge on any atom is 0.326 e. The summed E-state index contributed by atoms with van der Waals surface area (Å²) in [6.45, 7) is 5.79. The molecular weight excluding hydrogens is 421 g/mol. The molecule has 1 aromatic carbocycles. The first-order valence-corrected chi connectivity index (χ1v) is 12.2. The number of nitrogens with zero attached hydrogens (tertiary/aromatic N) is 2. The molecule has 3 atom stereocenters. The van der Waals surface area contributed by atoms with E-state index in [-0.39, 0.29) is 12.3 Å². The minimum absolute atomic E-state index is 0.148. The number of carboxylic acid groups (broad SMARTS) is 1. The second-order valence-electron chi connectivity index (χ2n) is 7.47. The normalized spacial score (nSPS) is 13.8. The van der Waals surface area contributed by atoms with E-state index in [1.807, 2.05) is 50.4 Å². The maximum absolute atomic E-state index is 12.7. The Balaban J connectivity index is 2.10. The molecule has 162 valence electrons. The van der Waals surface area contributed by atoms with Crippen LogP contribution in [0.2, 0.25) is 0 Å². The third kappa shape index (κ3) is 7.59. The summed E-state index contributed by atoms with van der Waals surface area (Å²) < 4.78 is 4.16. The van der Waals surface area contributed by atoms with Gasteiger partial charge in [0.25, 0.3) is 0 Å². The number of carboxylic acids is 1. The topological polar surface area (TPSA) is 115 Å². The fourth-order valence-electron chi connectivity index (χ4n) is 2.91. The van der Waals surface area contributed by atoms with Crippen LogP contribution in [0.15, 0.2) is 40.6 Å². The van der Waals surface area contributed by atoms with Gasteiger partial charge < -0.3 is 15.3 Å². The average molecular weight is 450 g/mol. The van der Waals surface area contributed by atoms with Crippen LogP contribution in [0.25, 0.3) is 10.6 Å². The van der Waals surface area contributed by atoms with Gasteiger partial charge in [-0.15, -0.1) is 16.1 Å². The van der Waals surface area contributed by atoms with Crippen molar-refractivity contribution in [2.75, 3.05) is 6.16 Å². The van der Waals surface area contributed by atoms with E-state index in [9.17, 15) is 19.6 Å². The van der Waals surface area contributed by atoms with Gasteiger partial charge in [-0.3, -0.25) is 4.79 Å². The maximum atomic E-state index is 12.7. The number of carbonyl (C=O) groups excluding carboxylic acids is 1. The van der Waals surface area contributed by atoms with Crippen LogP contribution >= 0.6 is 19.3 Å². The molecule has 1 aromatic heterocycles. The Morgan fingerprint density at radius 1 is 1.30 bits per heavy atom. The Hall–Kier alpha value is -2.15. The lowest BCUT2D eigenvalue weighted by atomic mass is 10.0. The van der Waals surface area contributed by atoms with Crippen molar-refractivity contribution < 1.29 is 19.6 Å². The van der Waals surface area contributed by atoms with Crippen LogP contribution < -0.4 is 10.2 Å². The van der Waals surface area contributed by atoms with Gasteiger partial charge in [0.2, 0.25) is 5.91 Å². The lowest BCUT2D eigenvalue weighted by Crippen LogP contribution is -2.46. The SMILES string of the molecule is CCC[P+]([O-])=N[C@@H](CC(C)C)C(=O)N[C@@H](Cc1ccc(-c2nccs2)cc1)C(=O)O. The van der Waals surface area contributed by atoms with E-state index in [1.165, 1.54) is 11.3 Å². The van der Waals surface area contributed by atoms with E-state index < -0.39 is 31.9 Å². The summed E-state index contributed by atoms with van der Waals surface area (Å²) >= 11 is 1.53. The molecule has 30 heavy (non-hydrogen) atoms. The third-order valence-corrected chi connectivity index (χ3v) is 6.56. The molecule has 0 bridgehead atoms. The molecule has 9 heteroatoms. The van der Waals surface area contributed by atoms with Crippen molar-refractivity contribution in [2.24, 2.45) is 10.7 Å². The Morgan fingerprint density at radius 2 is 2.00 bits per heavy atom. The zero-order chi connectivity index (χ0) is 22.1. The highest BCUT2D eigenvalue weighted by molar-refractivity contribution is 7.39. The predicted octanol–water partition coefficient (Wildman–Crippen LogP) is 3.69. The number of nitrogens with one attached hydrogen (secondary N) is 1. The number of rotatable bonds is 11. The highest BCUT2D eigenvalue weighted by atomic mass is 32.1. The number of amides is 1. The summed E-state index contributed by atoms with van der Waals surface area (Å²) in [4.78, 5) is 40.8. The first-order valence-electron chi connectivity index (χ1n) is 9.97. The van der Waals surface area contributed by atoms with Gasteiger partial charge in [0.05, 0.1) is 0 Å². The summed E-state index contributed by atoms with van der Waals surface area (Å²) in [6.07, 6.45) is 3.44. The molecule has 0 aliphatic carbocycles. The van der Waals surface area contributed by atoms with Crippen LogP contribution in [-0.4, -0.2) is 40.2 Å². The van der Waals surface area contributed by atoms with E-state index in [4.69, 9.17) is 0 Å². The van der Waals surface area contributed by atoms with Gasteiger partial charge in [-0.1, -0.05) is 45.0 Å². The van der Waals surface area contributed by atoms with Crippen LogP contribution in [-0.2, 0) is 16.0 Å². The number of aromatic nitrogens is 1. The number of carbonyl (C=O) groups is 2. The average Bonchev–Trinajstić information content (AvgIpc) is 3.22. The summed E-state index contributed by atoms with van der Waals surface area (Å²) in [6, 6.07) is 5.56. The van der Waals surface area contributed by atoms with Crippen LogP contribution in [0, 0.1) is 5.92 Å². The predicted molar refractivity (Wildman–Crippen MR) is 119 cm³/mol. The van der Waals surface area contributed by atoms with Gasteiger partial charge in [-0.05, 0) is 24.3 Å². The number of hydrogen-bond donors (Lipinski definition) is 2. The lowest BCUT2D eigenvalue weighted by Gasteiger charge is -2.18. The van der Waals surface area contributed by atoms with Gasteiger partial charge in [-0.25, -0.2) is 9.78 Å². The number of aliphatic carboxylic acids is 1. The first-order chi connectivity index (χ1) is 14.3. The fraction of sp³-hybridized carbons (Fsp3) is 0.476. The first kappa shape index (κ1) is 24.1. The van der Waals surface area contributed by atoms with Crippen LogP contribution in [0.5, 0.6) is 0 Å². The summed E-state index contributed by atoms with van der Waals surface area (Å²) in [7, 11) is -1.83. The van der Waals surface area contributed by atoms with Gasteiger partial charge >= 0.3 is 5.97 Å². The molecular formula is C21H28N3O4PS. The molecule has 0 saturated carbocycles. The van der Waals surface area contributed by atoms with E-state index in [0.29, 0.717) is 19.0 Å². The Morgan fingerprint density at radius 3 is 2.53 bits per heavy atom. The number of hydrogen-bond acceptors (Lipinski definition) is 6. The molecule has 1 amide bonds. The minimum atomic E-state index is -1.83. The van der Waals surface area contributed by atoms with Gasteiger partial charge in [0.1, 0.15) is 17.2 Å². The summed E-state index contributed by atoms with van der Waals surface area (Å²) in [5.74, 6) is -1.44. The van der Waals surface area contributed by atoms with E-state index >= 15 is 0 Å². The molecule has 2 N–H and O–H groups in total. The van der Waals surface area contributed by atoms with E-state index in [1.54, 1.807) is 6.20 Å². The van der Waals surface area contributed by atoms with Crippen LogP contribution in [0.3, 0.4) is 0 Å². The smallest absolute Gasteiger partial charge is 0.326 e. The standard InChI is InChI=1S/C21H28N3O4PS/c1-4-10-29(28)24-17(12-14(2)3)19(25)23-18(21(26)27)13-15-5-7-16(8-6-15)20-22-9-11-30-20/h5-9,11,14,17-18H,4,10,12-13H2,1-3H3,(H,23,25)(H,26,27)/t17-,18-/m0/s1. The van der Waals surface area contributed by atoms with Crippen molar-refractivity contribution in [2.45, 2.75) is 52.1 Å². The van der Waals surface area contributed by atoms with Crippen molar-refractivity contribution in [1.29, 1.82) is 0 Å². The summed E-state index contributed by atoms with van der Waals surface area (Å²) in [5.41, 5.74) is 1.75. The Kier molecular flexibility index (Phi) is 9.56. The second kappa shape index (κ2) is 11.9. The van der Waals surface area contributed by atoms with Crippen molar-refractivity contribution in [3.63, 3.8) is 0 Å². The van der Waals surface area contributed by atoms with Crippen molar-refractivity contribution in [3.05, 3.63) is 41.4 Å². The Bertz CT molecular complexity index is 854. The number of benzene rings is 1. The molecule has 2 rings (SSSR count). The molecule has 7 nitrogen and oxygen atoms in total. The largest absolute Gasteiger partial charge is 0.612 e. The highest BCUT2D eigenvalue weighted by Crippen LogP contribution is 2.23. The van der Waals surface area contributed by atoms with Gasteiger partial charge in [0.15, 0.2) is 14.0 Å². The molecule has 0 saturated heterocycles. The molecule has 1 heterocycles. The zero-order valence-corrected chi connectivity index (χ0v) is 19.2. The van der Waals surface area contributed by atoms with E-state index in [0.717, 1.165) is 16.1 Å². The minimum Gasteiger partial charge on any atom is -0.612 e. The molecule has 1 unspecified atom stereocenters. The quantitative estimate of drug-likeness (QED) is 0.508.